The zero-order chi connectivity index (χ0) is 16.5. The summed E-state index contributed by atoms with van der Waals surface area (Å²) < 4.78 is 52.8. The molecule has 120 valence electrons. The van der Waals surface area contributed by atoms with E-state index in [0.717, 1.165) is 4.68 Å². The minimum absolute atomic E-state index is 0.106. The second-order valence-corrected chi connectivity index (χ2v) is 6.57. The number of aromatic nitrogens is 2. The normalized spacial score (nSPS) is 12.6. The van der Waals surface area contributed by atoms with Crippen LogP contribution in [0.2, 0.25) is 0 Å². The molecule has 0 fully saturated rings. The number of aryl methyl sites for hydroxylation is 2. The summed E-state index contributed by atoms with van der Waals surface area (Å²) >= 11 is 0. The lowest BCUT2D eigenvalue weighted by molar-refractivity contribution is -0.137. The predicted molar refractivity (Wildman–Crippen MR) is 69.6 cm³/mol. The molecule has 0 saturated heterocycles. The number of nitrogens with zero attached hydrogens (tertiary/aromatic N) is 3. The number of carboxylic acids is 1. The molecule has 0 unspecified atom stereocenters. The maximum absolute atomic E-state index is 13.1. The van der Waals surface area contributed by atoms with Crippen molar-refractivity contribution in [3.63, 3.8) is 0 Å². The van der Waals surface area contributed by atoms with Crippen molar-refractivity contribution in [2.45, 2.75) is 38.3 Å². The molecule has 1 heterocycles. The van der Waals surface area contributed by atoms with Crippen LogP contribution in [-0.4, -0.2) is 46.2 Å². The number of carboxylic acid groups (broad SMARTS) is 1. The fourth-order valence-electron chi connectivity index (χ4n) is 2.00. The van der Waals surface area contributed by atoms with Gasteiger partial charge in [-0.25, -0.2) is 17.2 Å². The van der Waals surface area contributed by atoms with Crippen LogP contribution in [0.3, 0.4) is 0 Å². The van der Waals surface area contributed by atoms with Gasteiger partial charge < -0.3 is 5.11 Å². The molecule has 0 aromatic carbocycles. The SMILES string of the molecule is Cc1nn(C)c(S(=O)(=O)N(CC(=O)O)C(C)C)c1C(F)F. The van der Waals surface area contributed by atoms with Gasteiger partial charge in [-0.2, -0.15) is 9.40 Å². The third-order valence-corrected chi connectivity index (χ3v) is 4.99. The van der Waals surface area contributed by atoms with Crippen LogP contribution in [0.5, 0.6) is 0 Å². The summed E-state index contributed by atoms with van der Waals surface area (Å²) in [6.45, 7) is 3.39. The Bertz CT molecular complexity index is 640. The van der Waals surface area contributed by atoms with Crippen LogP contribution in [-0.2, 0) is 21.9 Å². The quantitative estimate of drug-likeness (QED) is 0.847. The van der Waals surface area contributed by atoms with Crippen molar-refractivity contribution in [2.75, 3.05) is 6.54 Å². The van der Waals surface area contributed by atoms with Crippen molar-refractivity contribution in [3.05, 3.63) is 11.3 Å². The number of rotatable bonds is 6. The maximum atomic E-state index is 13.1. The van der Waals surface area contributed by atoms with E-state index in [9.17, 15) is 22.0 Å². The summed E-state index contributed by atoms with van der Waals surface area (Å²) in [6.07, 6.45) is -3.03. The Morgan fingerprint density at radius 1 is 1.43 bits per heavy atom. The van der Waals surface area contributed by atoms with E-state index in [1.807, 2.05) is 0 Å². The Labute approximate surface area is 121 Å². The first-order chi connectivity index (χ1) is 9.50. The molecular weight excluding hydrogens is 308 g/mol. The second-order valence-electron chi connectivity index (χ2n) is 4.77. The van der Waals surface area contributed by atoms with Gasteiger partial charge in [-0.15, -0.1) is 0 Å². The summed E-state index contributed by atoms with van der Waals surface area (Å²) in [5.74, 6) is -1.37. The van der Waals surface area contributed by atoms with Gasteiger partial charge in [-0.05, 0) is 20.8 Å². The topological polar surface area (TPSA) is 92.5 Å². The van der Waals surface area contributed by atoms with Crippen LogP contribution in [0.25, 0.3) is 0 Å². The first-order valence-corrected chi connectivity index (χ1v) is 7.49. The van der Waals surface area contributed by atoms with Crippen LogP contribution in [0.15, 0.2) is 5.03 Å². The van der Waals surface area contributed by atoms with Gasteiger partial charge in [0.2, 0.25) is 0 Å². The number of alkyl halides is 2. The molecule has 0 saturated carbocycles. The zero-order valence-corrected chi connectivity index (χ0v) is 12.9. The van der Waals surface area contributed by atoms with Crippen LogP contribution in [0.1, 0.15) is 31.5 Å². The molecule has 1 rings (SSSR count). The van der Waals surface area contributed by atoms with E-state index >= 15 is 0 Å². The zero-order valence-electron chi connectivity index (χ0n) is 12.0. The summed E-state index contributed by atoms with van der Waals surface area (Å²) in [5.41, 5.74) is -0.807. The van der Waals surface area contributed by atoms with Gasteiger partial charge in [-0.3, -0.25) is 9.48 Å². The molecule has 1 aromatic rings. The molecule has 7 nitrogen and oxygen atoms in total. The fourth-order valence-corrected chi connectivity index (χ4v) is 3.95. The molecule has 0 amide bonds. The van der Waals surface area contributed by atoms with Crippen molar-refractivity contribution in [3.8, 4) is 0 Å². The van der Waals surface area contributed by atoms with Gasteiger partial charge in [-0.1, -0.05) is 0 Å². The Morgan fingerprint density at radius 3 is 2.33 bits per heavy atom. The standard InChI is InChI=1S/C11H17F2N3O4S/c1-6(2)16(5-8(17)18)21(19,20)11-9(10(12)13)7(3)14-15(11)4/h6,10H,5H2,1-4H3,(H,17,18). The molecule has 21 heavy (non-hydrogen) atoms. The van der Waals surface area contributed by atoms with Crippen molar-refractivity contribution in [1.82, 2.24) is 14.1 Å². The lowest BCUT2D eigenvalue weighted by atomic mass is 10.3. The molecule has 0 atom stereocenters. The highest BCUT2D eigenvalue weighted by molar-refractivity contribution is 7.89. The van der Waals surface area contributed by atoms with Crippen molar-refractivity contribution in [2.24, 2.45) is 7.05 Å². The summed E-state index contributed by atoms with van der Waals surface area (Å²) in [6, 6.07) is -0.702. The molecular formula is C11H17F2N3O4S. The van der Waals surface area contributed by atoms with Gasteiger partial charge in [0.05, 0.1) is 11.3 Å². The van der Waals surface area contributed by atoms with Gasteiger partial charge in [0, 0.05) is 13.1 Å². The number of sulfonamides is 1. The molecule has 0 aliphatic rings. The molecule has 0 spiro atoms. The molecule has 0 radical (unpaired) electrons. The Hall–Kier alpha value is -1.55. The number of halogens is 2. The third-order valence-electron chi connectivity index (χ3n) is 2.85. The Balaban J connectivity index is 3.52. The largest absolute Gasteiger partial charge is 0.480 e. The van der Waals surface area contributed by atoms with E-state index in [1.165, 1.54) is 27.8 Å². The van der Waals surface area contributed by atoms with Crippen LogP contribution < -0.4 is 0 Å². The Morgan fingerprint density at radius 2 is 1.95 bits per heavy atom. The van der Waals surface area contributed by atoms with Gasteiger partial charge in [0.1, 0.15) is 6.54 Å². The van der Waals surface area contributed by atoms with Gasteiger partial charge in [0.25, 0.3) is 16.4 Å². The molecule has 0 bridgehead atoms. The van der Waals surface area contributed by atoms with Crippen molar-refractivity contribution in [1.29, 1.82) is 0 Å². The van der Waals surface area contributed by atoms with E-state index in [4.69, 9.17) is 5.11 Å². The number of aliphatic carboxylic acids is 1. The van der Waals surface area contributed by atoms with E-state index in [0.29, 0.717) is 4.31 Å². The van der Waals surface area contributed by atoms with Crippen molar-refractivity contribution >= 4 is 16.0 Å². The molecule has 1 N–H and O–H groups in total. The minimum atomic E-state index is -4.41. The number of hydrogen-bond acceptors (Lipinski definition) is 4. The Kier molecular flexibility index (Phi) is 5.05. The van der Waals surface area contributed by atoms with Crippen LogP contribution in [0, 0.1) is 6.92 Å². The highest BCUT2D eigenvalue weighted by atomic mass is 32.2. The number of hydrogen-bond donors (Lipinski definition) is 1. The smallest absolute Gasteiger partial charge is 0.318 e. The monoisotopic (exact) mass is 325 g/mol. The average Bonchev–Trinajstić information content (AvgIpc) is 2.60. The molecule has 10 heteroatoms. The van der Waals surface area contributed by atoms with Crippen molar-refractivity contribution < 1.29 is 27.1 Å². The average molecular weight is 325 g/mol. The molecule has 0 aliphatic heterocycles. The van der Waals surface area contributed by atoms with Crippen LogP contribution >= 0.6 is 0 Å². The van der Waals surface area contributed by atoms with E-state index in [2.05, 4.69) is 5.10 Å². The molecule has 1 aromatic heterocycles. The fraction of sp³-hybridized carbons (Fsp3) is 0.636. The third kappa shape index (κ3) is 3.38. The first-order valence-electron chi connectivity index (χ1n) is 6.05. The highest BCUT2D eigenvalue weighted by Gasteiger charge is 2.37. The van der Waals surface area contributed by atoms with Crippen LogP contribution in [0.4, 0.5) is 8.78 Å². The summed E-state index contributed by atoms with van der Waals surface area (Å²) in [5, 5.41) is 11.8. The van der Waals surface area contributed by atoms with Gasteiger partial charge in [0.15, 0.2) is 5.03 Å². The lowest BCUT2D eigenvalue weighted by Gasteiger charge is -2.24. The summed E-state index contributed by atoms with van der Waals surface area (Å²) in [4.78, 5) is 10.8. The first kappa shape index (κ1) is 17.5. The summed E-state index contributed by atoms with van der Waals surface area (Å²) in [7, 11) is -3.18. The minimum Gasteiger partial charge on any atom is -0.480 e. The van der Waals surface area contributed by atoms with E-state index in [-0.39, 0.29) is 5.69 Å². The second kappa shape index (κ2) is 6.06. The van der Waals surface area contributed by atoms with Gasteiger partial charge >= 0.3 is 5.97 Å². The maximum Gasteiger partial charge on any atom is 0.318 e. The molecule has 0 aliphatic carbocycles. The predicted octanol–water partition coefficient (Wildman–Crippen LogP) is 1.15. The van der Waals surface area contributed by atoms with E-state index in [1.54, 1.807) is 0 Å². The lowest BCUT2D eigenvalue weighted by Crippen LogP contribution is -2.41. The van der Waals surface area contributed by atoms with E-state index < -0.39 is 45.6 Å². The number of carbonyl (C=O) groups is 1. The highest BCUT2D eigenvalue weighted by Crippen LogP contribution is 2.31.